The third kappa shape index (κ3) is 5.35. The van der Waals surface area contributed by atoms with Crippen molar-refractivity contribution in [1.29, 1.82) is 5.26 Å². The maximum absolute atomic E-state index is 9.35. The van der Waals surface area contributed by atoms with Gasteiger partial charge < -0.3 is 20.6 Å². The summed E-state index contributed by atoms with van der Waals surface area (Å²) in [6.07, 6.45) is 6.84. The molecular weight excluding hydrogens is 456 g/mol. The monoisotopic (exact) mass is 486 g/mol. The number of thioether (sulfide) groups is 1. The van der Waals surface area contributed by atoms with Gasteiger partial charge in [0, 0.05) is 67.9 Å². The predicted octanol–water partition coefficient (Wildman–Crippen LogP) is 3.04. The Morgan fingerprint density at radius 1 is 1.18 bits per heavy atom. The van der Waals surface area contributed by atoms with E-state index in [2.05, 4.69) is 31.5 Å². The van der Waals surface area contributed by atoms with Crippen LogP contribution >= 0.6 is 23.1 Å². The highest BCUT2D eigenvalue weighted by Gasteiger charge is 2.40. The van der Waals surface area contributed by atoms with Crippen LogP contribution in [0.1, 0.15) is 37.0 Å². The molecule has 2 atom stereocenters. The molecule has 0 aliphatic carbocycles. The summed E-state index contributed by atoms with van der Waals surface area (Å²) in [6, 6.07) is 5.71. The highest BCUT2D eigenvalue weighted by atomic mass is 32.2. The van der Waals surface area contributed by atoms with E-state index in [0.29, 0.717) is 41.4 Å². The lowest BCUT2D eigenvalue weighted by Gasteiger charge is -2.39. The molecule has 5 rings (SSSR count). The quantitative estimate of drug-likeness (QED) is 0.514. The van der Waals surface area contributed by atoms with Crippen LogP contribution in [0.5, 0.6) is 0 Å². The second-order valence-electron chi connectivity index (χ2n) is 8.79. The number of nitrogens with one attached hydrogen (secondary N) is 2. The van der Waals surface area contributed by atoms with Crippen molar-refractivity contribution in [1.82, 2.24) is 19.9 Å². The van der Waals surface area contributed by atoms with E-state index in [9.17, 15) is 5.11 Å². The van der Waals surface area contributed by atoms with E-state index in [1.54, 1.807) is 6.20 Å². The van der Waals surface area contributed by atoms with E-state index in [4.69, 9.17) is 15.2 Å². The van der Waals surface area contributed by atoms with E-state index < -0.39 is 0 Å². The highest BCUT2D eigenvalue weighted by Crippen LogP contribution is 2.37. The smallest absolute Gasteiger partial charge is 0.226 e. The van der Waals surface area contributed by atoms with Crippen LogP contribution < -0.4 is 15.5 Å². The van der Waals surface area contributed by atoms with Gasteiger partial charge in [0.05, 0.1) is 17.6 Å². The maximum Gasteiger partial charge on any atom is 0.226 e. The molecule has 0 amide bonds. The van der Waals surface area contributed by atoms with Crippen LogP contribution in [0, 0.1) is 11.3 Å². The number of fused-ring (bicyclic) bond motifs is 2. The number of anilines is 4. The molecule has 0 radical (unpaired) electrons. The summed E-state index contributed by atoms with van der Waals surface area (Å²) in [5.41, 5.74) is 0. The van der Waals surface area contributed by atoms with E-state index in [-0.39, 0.29) is 6.61 Å². The molecule has 2 unspecified atom stereocenters. The zero-order valence-electron chi connectivity index (χ0n) is 18.6. The van der Waals surface area contributed by atoms with Gasteiger partial charge in [0.15, 0.2) is 5.13 Å². The van der Waals surface area contributed by atoms with Crippen LogP contribution in [0.4, 0.5) is 22.7 Å². The highest BCUT2D eigenvalue weighted by molar-refractivity contribution is 7.99. The molecule has 33 heavy (non-hydrogen) atoms. The first kappa shape index (κ1) is 22.7. The Labute approximate surface area is 202 Å². The van der Waals surface area contributed by atoms with Gasteiger partial charge in [-0.25, -0.2) is 4.98 Å². The molecule has 5 heterocycles. The van der Waals surface area contributed by atoms with E-state index in [0.717, 1.165) is 54.7 Å². The summed E-state index contributed by atoms with van der Waals surface area (Å²) < 4.78 is 0. The Bertz CT molecular complexity index is 975. The molecule has 2 aromatic heterocycles. The Morgan fingerprint density at radius 2 is 1.97 bits per heavy atom. The van der Waals surface area contributed by atoms with E-state index in [1.165, 1.54) is 24.2 Å². The van der Waals surface area contributed by atoms with Gasteiger partial charge in [0.2, 0.25) is 5.95 Å². The average Bonchev–Trinajstić information content (AvgIpc) is 3.38. The number of piperidine rings is 1. The fraction of sp³-hybridized carbons (Fsp3) is 0.636. The average molecular weight is 487 g/mol. The van der Waals surface area contributed by atoms with Crippen LogP contribution in [0.25, 0.3) is 0 Å². The molecule has 2 aromatic rings. The Hall–Kier alpha value is -2.13. The molecule has 3 fully saturated rings. The normalized spacial score (nSPS) is 25.1. The summed E-state index contributed by atoms with van der Waals surface area (Å²) >= 11 is 3.41. The first-order valence-corrected chi connectivity index (χ1v) is 13.6. The molecule has 2 bridgehead atoms. The van der Waals surface area contributed by atoms with Crippen molar-refractivity contribution >= 4 is 45.8 Å². The van der Waals surface area contributed by atoms with Crippen molar-refractivity contribution in [3.63, 3.8) is 0 Å². The minimum Gasteiger partial charge on any atom is -0.391 e. The predicted molar refractivity (Wildman–Crippen MR) is 133 cm³/mol. The van der Waals surface area contributed by atoms with Crippen molar-refractivity contribution in [3.8, 4) is 6.07 Å². The van der Waals surface area contributed by atoms with Gasteiger partial charge >= 0.3 is 0 Å². The molecule has 0 aromatic carbocycles. The van der Waals surface area contributed by atoms with Crippen molar-refractivity contribution in [3.05, 3.63) is 17.1 Å². The van der Waals surface area contributed by atoms with Crippen LogP contribution in [0.3, 0.4) is 0 Å². The fourth-order valence-corrected chi connectivity index (χ4v) is 6.77. The van der Waals surface area contributed by atoms with E-state index >= 15 is 0 Å². The maximum atomic E-state index is 9.35. The lowest BCUT2D eigenvalue weighted by molar-refractivity contribution is 0.135. The summed E-state index contributed by atoms with van der Waals surface area (Å²) in [5, 5.41) is 26.0. The van der Waals surface area contributed by atoms with Gasteiger partial charge in [-0.2, -0.15) is 27.0 Å². The van der Waals surface area contributed by atoms with Gasteiger partial charge in [-0.05, 0) is 25.7 Å². The van der Waals surface area contributed by atoms with Crippen LogP contribution in [0.2, 0.25) is 0 Å². The minimum absolute atomic E-state index is 0.0119. The lowest BCUT2D eigenvalue weighted by atomic mass is 9.97. The largest absolute Gasteiger partial charge is 0.391 e. The Morgan fingerprint density at radius 3 is 2.67 bits per heavy atom. The second kappa shape index (κ2) is 10.4. The van der Waals surface area contributed by atoms with Crippen molar-refractivity contribution in [2.24, 2.45) is 0 Å². The fourth-order valence-electron chi connectivity index (χ4n) is 5.18. The molecule has 3 aliphatic heterocycles. The number of aliphatic hydroxyl groups is 1. The van der Waals surface area contributed by atoms with Crippen LogP contribution in [0.15, 0.2) is 12.3 Å². The molecule has 0 spiro atoms. The molecule has 0 saturated carbocycles. The second-order valence-corrected chi connectivity index (χ2v) is 11.1. The minimum atomic E-state index is -0.0119. The van der Waals surface area contributed by atoms with Gasteiger partial charge in [0.25, 0.3) is 0 Å². The van der Waals surface area contributed by atoms with Crippen molar-refractivity contribution < 1.29 is 5.11 Å². The Kier molecular flexibility index (Phi) is 7.16. The lowest BCUT2D eigenvalue weighted by Crippen LogP contribution is -2.47. The summed E-state index contributed by atoms with van der Waals surface area (Å²) in [7, 11) is 0. The number of thiazole rings is 1. The number of hydrogen-bond donors (Lipinski definition) is 3. The van der Waals surface area contributed by atoms with Crippen molar-refractivity contribution in [2.75, 3.05) is 46.7 Å². The molecule has 3 aliphatic rings. The van der Waals surface area contributed by atoms with Crippen LogP contribution in [-0.2, 0) is 6.61 Å². The molecule has 9 nitrogen and oxygen atoms in total. The molecule has 11 heteroatoms. The van der Waals surface area contributed by atoms with Gasteiger partial charge in [-0.3, -0.25) is 4.90 Å². The molecule has 3 saturated heterocycles. The topological polar surface area (TPSA) is 113 Å². The number of aliphatic hydroxyl groups excluding tert-OH is 1. The van der Waals surface area contributed by atoms with Crippen LogP contribution in [-0.4, -0.2) is 74.2 Å². The number of hydrogen-bond acceptors (Lipinski definition) is 11. The number of aromatic nitrogens is 3. The summed E-state index contributed by atoms with van der Waals surface area (Å²) in [5.74, 6) is 4.51. The number of nitrogens with zero attached hydrogens (tertiary/aromatic N) is 6. The standard InChI is InChI=1S/C22H30N8OS2/c23-4-1-5-30-16-2-3-17(30)11-15(10-16)25-21-26-19(27-22-24-13-18(14-31)33-22)12-20(28-21)29-6-8-32-9-7-29/h12-13,15-17,31H,1-3,5-11,14H2,(H2,24,25,26,27,28). The molecule has 176 valence electrons. The summed E-state index contributed by atoms with van der Waals surface area (Å²) in [4.78, 5) is 19.7. The van der Waals surface area contributed by atoms with E-state index in [1.807, 2.05) is 17.8 Å². The molecule has 3 N–H and O–H groups in total. The Balaban J connectivity index is 1.33. The number of nitriles is 1. The molecular formula is C22H30N8OS2. The summed E-state index contributed by atoms with van der Waals surface area (Å²) in [6.45, 7) is 2.83. The van der Waals surface area contributed by atoms with Gasteiger partial charge in [-0.15, -0.1) is 0 Å². The SMILES string of the molecule is N#CCCN1C2CCC1CC(Nc1nc(Nc3ncc(CO)s3)cc(N3CCSCC3)n1)C2. The van der Waals surface area contributed by atoms with Gasteiger partial charge in [0.1, 0.15) is 11.6 Å². The van der Waals surface area contributed by atoms with Crippen molar-refractivity contribution in [2.45, 2.75) is 56.8 Å². The first-order valence-electron chi connectivity index (χ1n) is 11.7. The third-order valence-electron chi connectivity index (χ3n) is 6.69. The number of rotatable bonds is 8. The zero-order valence-corrected chi connectivity index (χ0v) is 20.2. The first-order chi connectivity index (χ1) is 16.2. The third-order valence-corrected chi connectivity index (χ3v) is 8.53. The van der Waals surface area contributed by atoms with Gasteiger partial charge in [-0.1, -0.05) is 11.3 Å². The zero-order chi connectivity index (χ0) is 22.6.